The molecular weight excluding hydrogens is 314 g/mol. The Morgan fingerprint density at radius 1 is 1.10 bits per heavy atom. The summed E-state index contributed by atoms with van der Waals surface area (Å²) in [6.45, 7) is 0.785. The van der Waals surface area contributed by atoms with Crippen LogP contribution in [0.3, 0.4) is 0 Å². The first-order valence-electron chi connectivity index (χ1n) is 6.80. The van der Waals surface area contributed by atoms with E-state index in [9.17, 15) is 4.79 Å². The van der Waals surface area contributed by atoms with Crippen LogP contribution in [0.15, 0.2) is 53.0 Å². The van der Waals surface area contributed by atoms with Crippen molar-refractivity contribution in [2.75, 3.05) is 0 Å². The zero-order valence-corrected chi connectivity index (χ0v) is 12.7. The molecule has 3 heteroatoms. The Labute approximate surface area is 127 Å². The summed E-state index contributed by atoms with van der Waals surface area (Å²) in [6.07, 6.45) is 1.29. The van der Waals surface area contributed by atoms with Crippen LogP contribution in [-0.2, 0) is 24.2 Å². The zero-order valence-electron chi connectivity index (χ0n) is 11.1. The molecule has 2 aromatic rings. The van der Waals surface area contributed by atoms with Gasteiger partial charge in [-0.25, -0.2) is 0 Å². The number of carbonyl (C=O) groups is 1. The van der Waals surface area contributed by atoms with Crippen molar-refractivity contribution in [3.63, 3.8) is 0 Å². The summed E-state index contributed by atoms with van der Waals surface area (Å²) in [5.41, 5.74) is 3.67. The number of carbonyl (C=O) groups excluding carboxylic acids is 1. The lowest BCUT2D eigenvalue weighted by molar-refractivity contribution is -0.120. The number of nitrogens with one attached hydrogen (secondary N) is 1. The molecule has 0 radical (unpaired) electrons. The highest BCUT2D eigenvalue weighted by atomic mass is 79.9. The number of Topliss-reactive ketones (excluding diaryl/α,β-unsaturated/α-hetero) is 1. The van der Waals surface area contributed by atoms with E-state index in [1.54, 1.807) is 0 Å². The van der Waals surface area contributed by atoms with Crippen molar-refractivity contribution in [1.29, 1.82) is 0 Å². The Morgan fingerprint density at radius 2 is 1.80 bits per heavy atom. The zero-order chi connectivity index (χ0) is 13.9. The molecule has 0 fully saturated rings. The molecule has 20 heavy (non-hydrogen) atoms. The molecule has 1 aliphatic rings. The number of rotatable bonds is 3. The number of ketones is 1. The molecule has 2 aromatic carbocycles. The third-order valence-electron chi connectivity index (χ3n) is 3.76. The fourth-order valence-corrected chi connectivity index (χ4v) is 2.87. The van der Waals surface area contributed by atoms with Crippen molar-refractivity contribution < 1.29 is 4.79 Å². The average Bonchev–Trinajstić information content (AvgIpc) is 2.49. The number of halogens is 1. The molecular formula is C17H16BrNO. The molecule has 0 amide bonds. The van der Waals surface area contributed by atoms with Gasteiger partial charge in [0.1, 0.15) is 0 Å². The van der Waals surface area contributed by atoms with E-state index in [4.69, 9.17) is 0 Å². The second kappa shape index (κ2) is 5.90. The van der Waals surface area contributed by atoms with Crippen LogP contribution < -0.4 is 5.32 Å². The lowest BCUT2D eigenvalue weighted by atomic mass is 9.91. The second-order valence-electron chi connectivity index (χ2n) is 5.18. The molecule has 0 aliphatic carbocycles. The van der Waals surface area contributed by atoms with E-state index in [0.717, 1.165) is 23.0 Å². The van der Waals surface area contributed by atoms with Gasteiger partial charge in [-0.2, -0.15) is 0 Å². The molecule has 0 bridgehead atoms. The monoisotopic (exact) mass is 329 g/mol. The first-order valence-corrected chi connectivity index (χ1v) is 7.59. The van der Waals surface area contributed by atoms with E-state index in [2.05, 4.69) is 33.4 Å². The predicted molar refractivity (Wildman–Crippen MR) is 83.6 cm³/mol. The summed E-state index contributed by atoms with van der Waals surface area (Å²) in [4.78, 5) is 12.4. The molecule has 0 spiro atoms. The van der Waals surface area contributed by atoms with E-state index in [1.807, 2.05) is 36.4 Å². The quantitative estimate of drug-likeness (QED) is 0.936. The van der Waals surface area contributed by atoms with Gasteiger partial charge in [0.25, 0.3) is 0 Å². The number of hydrogen-bond acceptors (Lipinski definition) is 2. The average molecular weight is 330 g/mol. The molecule has 1 N–H and O–H groups in total. The largest absolute Gasteiger partial charge is 0.303 e. The molecule has 2 nitrogen and oxygen atoms in total. The number of fused-ring (bicyclic) bond motifs is 1. The molecule has 1 atom stereocenters. The lowest BCUT2D eigenvalue weighted by Crippen LogP contribution is -2.42. The minimum atomic E-state index is -0.0615. The van der Waals surface area contributed by atoms with Gasteiger partial charge >= 0.3 is 0 Å². The second-order valence-corrected chi connectivity index (χ2v) is 6.09. The molecule has 1 unspecified atom stereocenters. The van der Waals surface area contributed by atoms with Gasteiger partial charge in [-0.3, -0.25) is 4.79 Å². The third kappa shape index (κ3) is 3.00. The van der Waals surface area contributed by atoms with Gasteiger partial charge in [0.05, 0.1) is 6.04 Å². The first-order chi connectivity index (χ1) is 9.72. The summed E-state index contributed by atoms with van der Waals surface area (Å²) in [5, 5.41) is 3.35. The summed E-state index contributed by atoms with van der Waals surface area (Å²) in [6, 6.07) is 16.2. The number of benzene rings is 2. The van der Waals surface area contributed by atoms with Crippen LogP contribution in [0.4, 0.5) is 0 Å². The van der Waals surface area contributed by atoms with E-state index < -0.39 is 0 Å². The highest BCUT2D eigenvalue weighted by Gasteiger charge is 2.23. The van der Waals surface area contributed by atoms with Crippen molar-refractivity contribution in [2.24, 2.45) is 0 Å². The summed E-state index contributed by atoms with van der Waals surface area (Å²) >= 11 is 3.41. The van der Waals surface area contributed by atoms with E-state index >= 15 is 0 Å². The number of hydrogen-bond donors (Lipinski definition) is 1. The Balaban J connectivity index is 1.68. The highest BCUT2D eigenvalue weighted by molar-refractivity contribution is 9.10. The highest BCUT2D eigenvalue weighted by Crippen LogP contribution is 2.18. The van der Waals surface area contributed by atoms with E-state index in [-0.39, 0.29) is 11.8 Å². The van der Waals surface area contributed by atoms with Gasteiger partial charge in [0.15, 0.2) is 5.78 Å². The van der Waals surface area contributed by atoms with Crippen LogP contribution in [0.2, 0.25) is 0 Å². The van der Waals surface area contributed by atoms with Gasteiger partial charge < -0.3 is 5.32 Å². The molecule has 0 saturated carbocycles. The molecule has 1 heterocycles. The minimum absolute atomic E-state index is 0.0615. The summed E-state index contributed by atoms with van der Waals surface area (Å²) in [7, 11) is 0. The smallest absolute Gasteiger partial charge is 0.154 e. The fourth-order valence-electron chi connectivity index (χ4n) is 2.61. The Kier molecular flexibility index (Phi) is 3.99. The predicted octanol–water partition coefficient (Wildman–Crippen LogP) is 3.28. The maximum atomic E-state index is 12.4. The van der Waals surface area contributed by atoms with Crippen LogP contribution in [-0.4, -0.2) is 11.8 Å². The topological polar surface area (TPSA) is 29.1 Å². The fraction of sp³-hybridized carbons (Fsp3) is 0.235. The van der Waals surface area contributed by atoms with Crippen LogP contribution in [0, 0.1) is 0 Å². The van der Waals surface area contributed by atoms with E-state index in [0.29, 0.717) is 6.42 Å². The summed E-state index contributed by atoms with van der Waals surface area (Å²) < 4.78 is 1.04. The Bertz CT molecular complexity index is 621. The summed E-state index contributed by atoms with van der Waals surface area (Å²) in [5.74, 6) is 0.266. The van der Waals surface area contributed by atoms with Crippen molar-refractivity contribution >= 4 is 21.7 Å². The van der Waals surface area contributed by atoms with Crippen LogP contribution >= 0.6 is 15.9 Å². The van der Waals surface area contributed by atoms with Crippen LogP contribution in [0.1, 0.15) is 16.7 Å². The van der Waals surface area contributed by atoms with Crippen molar-refractivity contribution in [1.82, 2.24) is 5.32 Å². The maximum Gasteiger partial charge on any atom is 0.154 e. The normalized spacial score (nSPS) is 17.6. The molecule has 1 aliphatic heterocycles. The molecule has 102 valence electrons. The molecule has 3 rings (SSSR count). The van der Waals surface area contributed by atoms with Crippen LogP contribution in [0.25, 0.3) is 0 Å². The van der Waals surface area contributed by atoms with Gasteiger partial charge in [-0.15, -0.1) is 0 Å². The van der Waals surface area contributed by atoms with Gasteiger partial charge in [0.2, 0.25) is 0 Å². The van der Waals surface area contributed by atoms with Crippen molar-refractivity contribution in [3.05, 3.63) is 69.7 Å². The maximum absolute atomic E-state index is 12.4. The van der Waals surface area contributed by atoms with Gasteiger partial charge in [-0.05, 0) is 35.2 Å². The Morgan fingerprint density at radius 3 is 2.55 bits per heavy atom. The molecule has 0 aromatic heterocycles. The SMILES string of the molecule is O=C(Cc1ccc(Br)cc1)C1Cc2ccccc2CN1. The van der Waals surface area contributed by atoms with Gasteiger partial charge in [-0.1, -0.05) is 52.3 Å². The van der Waals surface area contributed by atoms with Crippen molar-refractivity contribution in [3.8, 4) is 0 Å². The molecule has 0 saturated heterocycles. The first kappa shape index (κ1) is 13.5. The standard InChI is InChI=1S/C17H16BrNO/c18-15-7-5-12(6-8-15)9-17(20)16-10-13-3-1-2-4-14(13)11-19-16/h1-8,16,19H,9-11H2. The lowest BCUT2D eigenvalue weighted by Gasteiger charge is -2.25. The van der Waals surface area contributed by atoms with Crippen LogP contribution in [0.5, 0.6) is 0 Å². The Hall–Kier alpha value is -1.45. The van der Waals surface area contributed by atoms with Crippen molar-refractivity contribution in [2.45, 2.75) is 25.4 Å². The minimum Gasteiger partial charge on any atom is -0.303 e. The van der Waals surface area contributed by atoms with E-state index in [1.165, 1.54) is 11.1 Å². The third-order valence-corrected chi connectivity index (χ3v) is 4.29. The van der Waals surface area contributed by atoms with Gasteiger partial charge in [0, 0.05) is 17.4 Å².